The maximum atomic E-state index is 5.65. The molecule has 0 amide bonds. The highest BCUT2D eigenvalue weighted by Gasteiger charge is 2.27. The number of piperidine rings is 1. The minimum atomic E-state index is 0.332. The topological polar surface area (TPSA) is 24.5 Å². The van der Waals surface area contributed by atoms with Crippen LogP contribution in [0.2, 0.25) is 0 Å². The van der Waals surface area contributed by atoms with E-state index in [1.165, 1.54) is 17.7 Å². The number of anilines is 1. The van der Waals surface area contributed by atoms with Gasteiger partial charge in [0.1, 0.15) is 0 Å². The molecule has 2 unspecified atom stereocenters. The summed E-state index contributed by atoms with van der Waals surface area (Å²) in [6.45, 7) is 8.57. The van der Waals surface area contributed by atoms with Crippen molar-refractivity contribution in [1.82, 2.24) is 5.32 Å². The van der Waals surface area contributed by atoms with Gasteiger partial charge in [-0.15, -0.1) is 0 Å². The summed E-state index contributed by atoms with van der Waals surface area (Å²) in [5.74, 6) is 0.642. The molecule has 0 saturated carbocycles. The Hall–Kier alpha value is -0.580. The zero-order valence-corrected chi connectivity index (χ0v) is 14.9. The van der Waals surface area contributed by atoms with Crippen LogP contribution < -0.4 is 10.2 Å². The minimum Gasteiger partial charge on any atom is -0.379 e. The molecule has 0 bridgehead atoms. The number of methoxy groups -OCH3 is 1. The molecule has 0 radical (unpaired) electrons. The summed E-state index contributed by atoms with van der Waals surface area (Å²) < 4.78 is 6.80. The first-order valence-electron chi connectivity index (χ1n) is 7.92. The lowest BCUT2D eigenvalue weighted by molar-refractivity contribution is 0.0498. The SMILES string of the molecule is CCCNCc1cc(Br)ccc1N1CCC(C)C(OC)C1. The van der Waals surface area contributed by atoms with Crippen LogP contribution in [0.25, 0.3) is 0 Å². The molecule has 2 rings (SSSR count). The number of hydrogen-bond acceptors (Lipinski definition) is 3. The Morgan fingerprint density at radius 3 is 2.95 bits per heavy atom. The summed E-state index contributed by atoms with van der Waals surface area (Å²) in [5, 5.41) is 3.51. The summed E-state index contributed by atoms with van der Waals surface area (Å²) in [6.07, 6.45) is 2.69. The first kappa shape index (κ1) is 16.8. The molecule has 0 aromatic heterocycles. The molecule has 0 aliphatic carbocycles. The monoisotopic (exact) mass is 354 g/mol. The van der Waals surface area contributed by atoms with Crippen molar-refractivity contribution in [3.63, 3.8) is 0 Å². The molecule has 1 heterocycles. The van der Waals surface area contributed by atoms with Crippen molar-refractivity contribution in [2.45, 2.75) is 39.3 Å². The van der Waals surface area contributed by atoms with Crippen molar-refractivity contribution in [3.8, 4) is 0 Å². The number of halogens is 1. The van der Waals surface area contributed by atoms with E-state index >= 15 is 0 Å². The fourth-order valence-corrected chi connectivity index (χ4v) is 3.37. The number of nitrogens with one attached hydrogen (secondary N) is 1. The standard InChI is InChI=1S/C17H27BrN2O/c1-4-8-19-11-14-10-15(18)5-6-16(14)20-9-7-13(2)17(12-20)21-3/h5-6,10,13,17,19H,4,7-9,11-12H2,1-3H3. The van der Waals surface area contributed by atoms with E-state index in [2.05, 4.69) is 58.2 Å². The number of rotatable bonds is 6. The fraction of sp³-hybridized carbons (Fsp3) is 0.647. The van der Waals surface area contributed by atoms with Gasteiger partial charge < -0.3 is 15.0 Å². The van der Waals surface area contributed by atoms with Crippen LogP contribution in [0.1, 0.15) is 32.3 Å². The predicted molar refractivity (Wildman–Crippen MR) is 92.9 cm³/mol. The third-order valence-corrected chi connectivity index (χ3v) is 4.81. The van der Waals surface area contributed by atoms with Crippen LogP contribution in [0.4, 0.5) is 5.69 Å². The highest BCUT2D eigenvalue weighted by molar-refractivity contribution is 9.10. The van der Waals surface area contributed by atoms with E-state index in [0.717, 1.165) is 37.1 Å². The van der Waals surface area contributed by atoms with Crippen LogP contribution in [0.5, 0.6) is 0 Å². The Morgan fingerprint density at radius 2 is 2.24 bits per heavy atom. The summed E-state index contributed by atoms with van der Waals surface area (Å²) in [6, 6.07) is 6.60. The van der Waals surface area contributed by atoms with Gasteiger partial charge in [-0.05, 0) is 49.1 Å². The summed E-state index contributed by atoms with van der Waals surface area (Å²) in [5.41, 5.74) is 2.71. The van der Waals surface area contributed by atoms with Gasteiger partial charge in [-0.2, -0.15) is 0 Å². The Bertz CT molecular complexity index is 452. The predicted octanol–water partition coefficient (Wildman–Crippen LogP) is 3.81. The Kier molecular flexibility index (Phi) is 6.52. The number of ether oxygens (including phenoxy) is 1. The van der Waals surface area contributed by atoms with Crippen LogP contribution in [-0.4, -0.2) is 32.8 Å². The molecule has 1 aliphatic heterocycles. The molecule has 1 aliphatic rings. The Labute approximate surface area is 137 Å². The molecular weight excluding hydrogens is 328 g/mol. The normalized spacial score (nSPS) is 22.6. The molecule has 1 aromatic rings. The van der Waals surface area contributed by atoms with Crippen molar-refractivity contribution in [2.75, 3.05) is 31.6 Å². The van der Waals surface area contributed by atoms with E-state index in [4.69, 9.17) is 4.74 Å². The van der Waals surface area contributed by atoms with Gasteiger partial charge in [0, 0.05) is 36.9 Å². The summed E-state index contributed by atoms with van der Waals surface area (Å²) in [4.78, 5) is 2.48. The van der Waals surface area contributed by atoms with Gasteiger partial charge in [0.05, 0.1) is 6.10 Å². The van der Waals surface area contributed by atoms with Crippen molar-refractivity contribution < 1.29 is 4.74 Å². The lowest BCUT2D eigenvalue weighted by atomic mass is 9.95. The van der Waals surface area contributed by atoms with Gasteiger partial charge in [-0.25, -0.2) is 0 Å². The number of hydrogen-bond donors (Lipinski definition) is 1. The number of nitrogens with zero attached hydrogens (tertiary/aromatic N) is 1. The van der Waals surface area contributed by atoms with Crippen LogP contribution in [-0.2, 0) is 11.3 Å². The Balaban J connectivity index is 2.14. The zero-order valence-electron chi connectivity index (χ0n) is 13.4. The molecule has 1 aromatic carbocycles. The van der Waals surface area contributed by atoms with E-state index in [9.17, 15) is 0 Å². The zero-order chi connectivity index (χ0) is 15.2. The van der Waals surface area contributed by atoms with Crippen molar-refractivity contribution >= 4 is 21.6 Å². The number of benzene rings is 1. The highest BCUT2D eigenvalue weighted by atomic mass is 79.9. The largest absolute Gasteiger partial charge is 0.379 e. The third-order valence-electron chi connectivity index (χ3n) is 4.32. The van der Waals surface area contributed by atoms with E-state index in [0.29, 0.717) is 12.0 Å². The average molecular weight is 355 g/mol. The second-order valence-corrected chi connectivity index (χ2v) is 6.85. The Morgan fingerprint density at radius 1 is 1.43 bits per heavy atom. The van der Waals surface area contributed by atoms with E-state index < -0.39 is 0 Å². The third kappa shape index (κ3) is 4.44. The molecule has 1 N–H and O–H groups in total. The maximum Gasteiger partial charge on any atom is 0.0772 e. The lowest BCUT2D eigenvalue weighted by Crippen LogP contribution is -2.44. The molecule has 4 heteroatoms. The molecule has 0 spiro atoms. The maximum absolute atomic E-state index is 5.65. The van der Waals surface area contributed by atoms with Crippen LogP contribution >= 0.6 is 15.9 Å². The fourth-order valence-electron chi connectivity index (χ4n) is 2.96. The van der Waals surface area contributed by atoms with Gasteiger partial charge in [-0.3, -0.25) is 0 Å². The molecule has 3 nitrogen and oxygen atoms in total. The van der Waals surface area contributed by atoms with Crippen molar-refractivity contribution in [3.05, 3.63) is 28.2 Å². The molecule has 118 valence electrons. The van der Waals surface area contributed by atoms with E-state index in [-0.39, 0.29) is 0 Å². The van der Waals surface area contributed by atoms with E-state index in [1.807, 2.05) is 7.11 Å². The quantitative estimate of drug-likeness (QED) is 0.786. The van der Waals surface area contributed by atoms with Crippen molar-refractivity contribution in [2.24, 2.45) is 5.92 Å². The van der Waals surface area contributed by atoms with Crippen LogP contribution in [0.15, 0.2) is 22.7 Å². The van der Waals surface area contributed by atoms with Crippen LogP contribution in [0, 0.1) is 5.92 Å². The molecular formula is C17H27BrN2O. The molecule has 1 saturated heterocycles. The second kappa shape index (κ2) is 8.16. The first-order chi connectivity index (χ1) is 10.2. The van der Waals surface area contributed by atoms with Crippen molar-refractivity contribution in [1.29, 1.82) is 0 Å². The molecule has 21 heavy (non-hydrogen) atoms. The van der Waals surface area contributed by atoms with Crippen LogP contribution in [0.3, 0.4) is 0 Å². The smallest absolute Gasteiger partial charge is 0.0772 e. The van der Waals surface area contributed by atoms with Gasteiger partial charge in [0.2, 0.25) is 0 Å². The van der Waals surface area contributed by atoms with Gasteiger partial charge in [0.15, 0.2) is 0 Å². The highest BCUT2D eigenvalue weighted by Crippen LogP contribution is 2.29. The van der Waals surface area contributed by atoms with E-state index in [1.54, 1.807) is 0 Å². The summed E-state index contributed by atoms with van der Waals surface area (Å²) >= 11 is 3.59. The lowest BCUT2D eigenvalue weighted by Gasteiger charge is -2.38. The average Bonchev–Trinajstić information content (AvgIpc) is 2.48. The second-order valence-electron chi connectivity index (χ2n) is 5.94. The first-order valence-corrected chi connectivity index (χ1v) is 8.71. The summed E-state index contributed by atoms with van der Waals surface area (Å²) in [7, 11) is 1.83. The van der Waals surface area contributed by atoms with Gasteiger partial charge in [0.25, 0.3) is 0 Å². The minimum absolute atomic E-state index is 0.332. The molecule has 2 atom stereocenters. The molecule has 1 fully saturated rings. The van der Waals surface area contributed by atoms with Gasteiger partial charge >= 0.3 is 0 Å². The van der Waals surface area contributed by atoms with Gasteiger partial charge in [-0.1, -0.05) is 29.8 Å².